The highest BCUT2D eigenvalue weighted by Crippen LogP contribution is 2.23. The third kappa shape index (κ3) is 3.91. The summed E-state index contributed by atoms with van der Waals surface area (Å²) >= 11 is 0. The molecule has 0 aromatic heterocycles. The van der Waals surface area contributed by atoms with Gasteiger partial charge >= 0.3 is 0 Å². The molecule has 0 bridgehead atoms. The maximum atomic E-state index is 11.9. The van der Waals surface area contributed by atoms with Crippen molar-refractivity contribution in [3.8, 4) is 0 Å². The van der Waals surface area contributed by atoms with E-state index in [-0.39, 0.29) is 17.6 Å². The predicted molar refractivity (Wildman–Crippen MR) is 73.7 cm³/mol. The van der Waals surface area contributed by atoms with E-state index in [0.717, 1.165) is 11.1 Å². The summed E-state index contributed by atoms with van der Waals surface area (Å²) in [6, 6.07) is 6.13. The number of carbonyl (C=O) groups is 1. The lowest BCUT2D eigenvalue weighted by Gasteiger charge is -2.24. The number of nitrogens with zero attached hydrogens (tertiary/aromatic N) is 2. The number of carbonyl (C=O) groups excluding carboxylic acids is 1. The van der Waals surface area contributed by atoms with E-state index in [1.807, 2.05) is 20.8 Å². The summed E-state index contributed by atoms with van der Waals surface area (Å²) in [5.41, 5.74) is 1.70. The Kier molecular flexibility index (Phi) is 4.80. The Morgan fingerprint density at radius 2 is 2.05 bits per heavy atom. The molecule has 1 rings (SSSR count). The number of hydrogen-bond acceptors (Lipinski definition) is 3. The molecule has 0 aliphatic carbocycles. The van der Waals surface area contributed by atoms with Crippen LogP contribution in [0.5, 0.6) is 0 Å². The maximum Gasteiger partial charge on any atom is 0.269 e. The van der Waals surface area contributed by atoms with Crippen molar-refractivity contribution in [2.45, 2.75) is 26.8 Å². The molecule has 0 radical (unpaired) electrons. The zero-order valence-electron chi connectivity index (χ0n) is 11.6. The van der Waals surface area contributed by atoms with Gasteiger partial charge in [0.1, 0.15) is 0 Å². The molecular weight excluding hydrogens is 244 g/mol. The van der Waals surface area contributed by atoms with Crippen molar-refractivity contribution in [2.75, 3.05) is 7.05 Å². The van der Waals surface area contributed by atoms with Gasteiger partial charge in [0, 0.05) is 25.3 Å². The van der Waals surface area contributed by atoms with Gasteiger partial charge in [-0.15, -0.1) is 0 Å². The summed E-state index contributed by atoms with van der Waals surface area (Å²) in [4.78, 5) is 23.8. The molecule has 0 heterocycles. The first-order valence-corrected chi connectivity index (χ1v) is 5.99. The SMILES string of the molecule is CC(C)=CC(=O)N(C)[C@@H](C)c1cccc([N+](=O)[O-])c1. The lowest BCUT2D eigenvalue weighted by molar-refractivity contribution is -0.384. The predicted octanol–water partition coefficient (Wildman–Crippen LogP) is 3.08. The Morgan fingerprint density at radius 3 is 2.58 bits per heavy atom. The van der Waals surface area contributed by atoms with E-state index >= 15 is 0 Å². The highest BCUT2D eigenvalue weighted by Gasteiger charge is 2.17. The van der Waals surface area contributed by atoms with E-state index in [1.54, 1.807) is 30.2 Å². The molecule has 5 heteroatoms. The van der Waals surface area contributed by atoms with E-state index < -0.39 is 4.92 Å². The molecule has 0 saturated carbocycles. The maximum absolute atomic E-state index is 11.9. The lowest BCUT2D eigenvalue weighted by Crippen LogP contribution is -2.28. The molecule has 1 atom stereocenters. The molecule has 1 amide bonds. The Balaban J connectivity index is 2.96. The van der Waals surface area contributed by atoms with Crippen LogP contribution in [0.3, 0.4) is 0 Å². The molecule has 0 aliphatic heterocycles. The highest BCUT2D eigenvalue weighted by molar-refractivity contribution is 5.88. The molecule has 5 nitrogen and oxygen atoms in total. The van der Waals surface area contributed by atoms with Gasteiger partial charge in [0.15, 0.2) is 0 Å². The van der Waals surface area contributed by atoms with E-state index in [2.05, 4.69) is 0 Å². The smallest absolute Gasteiger partial charge is 0.269 e. The zero-order valence-corrected chi connectivity index (χ0v) is 11.6. The molecule has 0 unspecified atom stereocenters. The van der Waals surface area contributed by atoms with Crippen molar-refractivity contribution in [1.82, 2.24) is 4.90 Å². The normalized spacial score (nSPS) is 11.6. The largest absolute Gasteiger partial charge is 0.335 e. The van der Waals surface area contributed by atoms with Crippen molar-refractivity contribution < 1.29 is 9.72 Å². The quantitative estimate of drug-likeness (QED) is 0.476. The molecule has 0 saturated heterocycles. The third-order valence-corrected chi connectivity index (χ3v) is 2.90. The molecule has 1 aromatic rings. The van der Waals surface area contributed by atoms with Gasteiger partial charge in [-0.1, -0.05) is 17.7 Å². The fourth-order valence-corrected chi connectivity index (χ4v) is 1.66. The van der Waals surface area contributed by atoms with E-state index in [4.69, 9.17) is 0 Å². The number of non-ortho nitro benzene ring substituents is 1. The highest BCUT2D eigenvalue weighted by atomic mass is 16.6. The fraction of sp³-hybridized carbons (Fsp3) is 0.357. The van der Waals surface area contributed by atoms with Crippen LogP contribution in [0.4, 0.5) is 5.69 Å². The van der Waals surface area contributed by atoms with Crippen LogP contribution in [-0.4, -0.2) is 22.8 Å². The number of rotatable bonds is 4. The minimum Gasteiger partial charge on any atom is -0.335 e. The van der Waals surface area contributed by atoms with Gasteiger partial charge in [-0.05, 0) is 26.3 Å². The molecule has 0 N–H and O–H groups in total. The Hall–Kier alpha value is -2.17. The van der Waals surface area contributed by atoms with Crippen LogP contribution in [0.25, 0.3) is 0 Å². The number of amides is 1. The second-order valence-corrected chi connectivity index (χ2v) is 4.70. The third-order valence-electron chi connectivity index (χ3n) is 2.90. The summed E-state index contributed by atoms with van der Waals surface area (Å²) in [6.07, 6.45) is 1.55. The number of benzene rings is 1. The van der Waals surface area contributed by atoms with Crippen LogP contribution in [0.1, 0.15) is 32.4 Å². The molecular formula is C14H18N2O3. The average Bonchev–Trinajstić information content (AvgIpc) is 2.36. The summed E-state index contributed by atoms with van der Waals surface area (Å²) in [6.45, 7) is 5.54. The van der Waals surface area contributed by atoms with Crippen LogP contribution in [0.15, 0.2) is 35.9 Å². The summed E-state index contributed by atoms with van der Waals surface area (Å²) < 4.78 is 0. The Bertz CT molecular complexity index is 519. The van der Waals surface area contributed by atoms with Crippen molar-refractivity contribution >= 4 is 11.6 Å². The van der Waals surface area contributed by atoms with Crippen LogP contribution < -0.4 is 0 Å². The topological polar surface area (TPSA) is 63.5 Å². The summed E-state index contributed by atoms with van der Waals surface area (Å²) in [7, 11) is 1.69. The Morgan fingerprint density at radius 1 is 1.42 bits per heavy atom. The van der Waals surface area contributed by atoms with Gasteiger partial charge in [0.25, 0.3) is 5.69 Å². The van der Waals surface area contributed by atoms with E-state index in [9.17, 15) is 14.9 Å². The molecule has 19 heavy (non-hydrogen) atoms. The number of likely N-dealkylation sites (N-methyl/N-ethyl adjacent to an activating group) is 1. The minimum absolute atomic E-state index is 0.0346. The standard InChI is InChI=1S/C14H18N2O3/c1-10(2)8-14(17)15(4)11(3)12-6-5-7-13(9-12)16(18)19/h5-9,11H,1-4H3/t11-/m0/s1. The van der Waals surface area contributed by atoms with Gasteiger partial charge in [0.05, 0.1) is 11.0 Å². The molecule has 1 aromatic carbocycles. The molecule has 0 aliphatic rings. The number of hydrogen-bond donors (Lipinski definition) is 0. The average molecular weight is 262 g/mol. The molecule has 102 valence electrons. The number of nitro groups is 1. The Labute approximate surface area is 112 Å². The first-order valence-electron chi connectivity index (χ1n) is 5.99. The van der Waals surface area contributed by atoms with Crippen molar-refractivity contribution in [3.63, 3.8) is 0 Å². The molecule has 0 spiro atoms. The van der Waals surface area contributed by atoms with Crippen molar-refractivity contribution in [1.29, 1.82) is 0 Å². The van der Waals surface area contributed by atoms with E-state index in [0.29, 0.717) is 0 Å². The lowest BCUT2D eigenvalue weighted by atomic mass is 10.1. The van der Waals surface area contributed by atoms with Crippen molar-refractivity contribution in [3.05, 3.63) is 51.6 Å². The van der Waals surface area contributed by atoms with Gasteiger partial charge < -0.3 is 4.90 Å². The van der Waals surface area contributed by atoms with Crippen molar-refractivity contribution in [2.24, 2.45) is 0 Å². The first-order chi connectivity index (χ1) is 8.82. The second-order valence-electron chi connectivity index (χ2n) is 4.70. The number of nitro benzene ring substituents is 1. The van der Waals surface area contributed by atoms with Crippen LogP contribution in [0, 0.1) is 10.1 Å². The summed E-state index contributed by atoms with van der Waals surface area (Å²) in [5, 5.41) is 10.7. The monoisotopic (exact) mass is 262 g/mol. The first kappa shape index (κ1) is 14.9. The van der Waals surface area contributed by atoms with Crippen LogP contribution >= 0.6 is 0 Å². The van der Waals surface area contributed by atoms with Gasteiger partial charge in [0.2, 0.25) is 5.91 Å². The number of allylic oxidation sites excluding steroid dienone is 1. The second kappa shape index (κ2) is 6.13. The zero-order chi connectivity index (χ0) is 14.6. The van der Waals surface area contributed by atoms with Gasteiger partial charge in [-0.3, -0.25) is 14.9 Å². The minimum atomic E-state index is -0.436. The van der Waals surface area contributed by atoms with Crippen LogP contribution in [0.2, 0.25) is 0 Å². The van der Waals surface area contributed by atoms with Gasteiger partial charge in [-0.2, -0.15) is 0 Å². The molecule has 0 fully saturated rings. The van der Waals surface area contributed by atoms with E-state index in [1.165, 1.54) is 12.1 Å². The van der Waals surface area contributed by atoms with Crippen LogP contribution in [-0.2, 0) is 4.79 Å². The fourth-order valence-electron chi connectivity index (χ4n) is 1.66. The summed E-state index contributed by atoms with van der Waals surface area (Å²) in [5.74, 6) is -0.112. The van der Waals surface area contributed by atoms with Gasteiger partial charge in [-0.25, -0.2) is 0 Å².